The number of methoxy groups -OCH3 is 1. The summed E-state index contributed by atoms with van der Waals surface area (Å²) < 4.78 is 7.95. The molecule has 3 aromatic carbocycles. The molecule has 0 unspecified atom stereocenters. The molecule has 0 amide bonds. The Morgan fingerprint density at radius 3 is 2.39 bits per heavy atom. The Labute approximate surface area is 183 Å². The van der Waals surface area contributed by atoms with E-state index in [0.717, 1.165) is 11.3 Å². The zero-order chi connectivity index (χ0) is 21.1. The minimum atomic E-state index is 0.0282. The Bertz CT molecular complexity index is 1320. The van der Waals surface area contributed by atoms with Crippen molar-refractivity contribution in [3.63, 3.8) is 0 Å². The average Bonchev–Trinajstić information content (AvgIpc) is 3.16. The van der Waals surface area contributed by atoms with E-state index in [0.29, 0.717) is 0 Å². The van der Waals surface area contributed by atoms with Crippen LogP contribution in [0.2, 0.25) is 0 Å². The maximum Gasteiger partial charge on any atom is 0.543 e. The quantitative estimate of drug-likeness (QED) is 0.363. The molecule has 0 N–H and O–H groups in total. The number of pyridine rings is 1. The molecular formula is C26H23BN3O+. The van der Waals surface area contributed by atoms with Gasteiger partial charge in [-0.15, -0.1) is 0 Å². The highest BCUT2D eigenvalue weighted by Gasteiger charge is 2.56. The van der Waals surface area contributed by atoms with Crippen LogP contribution in [0.5, 0.6) is 5.75 Å². The zero-order valence-electron chi connectivity index (χ0n) is 17.9. The summed E-state index contributed by atoms with van der Waals surface area (Å²) in [4.78, 5) is 4.94. The van der Waals surface area contributed by atoms with Crippen molar-refractivity contribution in [1.82, 2.24) is 0 Å². The first-order valence-electron chi connectivity index (χ1n) is 10.6. The van der Waals surface area contributed by atoms with Gasteiger partial charge >= 0.3 is 6.98 Å². The van der Waals surface area contributed by atoms with Crippen LogP contribution in [0, 0.1) is 6.92 Å². The van der Waals surface area contributed by atoms with Crippen molar-refractivity contribution < 1.29 is 9.30 Å². The third-order valence-electron chi connectivity index (χ3n) is 6.51. The number of para-hydroxylation sites is 1. The molecule has 2 aliphatic rings. The second-order valence-corrected chi connectivity index (χ2v) is 8.15. The predicted molar refractivity (Wildman–Crippen MR) is 127 cm³/mol. The fraction of sp³-hybridized carbons (Fsp3) is 0.115. The molecule has 0 aliphatic carbocycles. The van der Waals surface area contributed by atoms with Crippen LogP contribution >= 0.6 is 0 Å². The Kier molecular flexibility index (Phi) is 3.87. The molecule has 150 valence electrons. The molecule has 0 saturated carbocycles. The molecule has 2 aliphatic heterocycles. The van der Waals surface area contributed by atoms with E-state index in [2.05, 4.69) is 113 Å². The van der Waals surface area contributed by atoms with Crippen LogP contribution < -0.4 is 24.4 Å². The third-order valence-corrected chi connectivity index (χ3v) is 6.51. The van der Waals surface area contributed by atoms with Gasteiger partial charge in [0.2, 0.25) is 0 Å². The number of aryl methyl sites for hydroxylation is 1. The van der Waals surface area contributed by atoms with Gasteiger partial charge in [0.15, 0.2) is 0 Å². The highest BCUT2D eigenvalue weighted by atomic mass is 16.5. The van der Waals surface area contributed by atoms with Gasteiger partial charge in [-0.25, -0.2) is 4.57 Å². The SMILES string of the molecule is COc1ccc2c(c1C)N1B(c3ccccc3-2)N(c2ccccc2)c2ccc[n+](C)c21. The van der Waals surface area contributed by atoms with Gasteiger partial charge < -0.3 is 9.55 Å². The zero-order valence-corrected chi connectivity index (χ0v) is 17.9. The topological polar surface area (TPSA) is 19.6 Å². The summed E-state index contributed by atoms with van der Waals surface area (Å²) in [6.07, 6.45) is 2.13. The van der Waals surface area contributed by atoms with Crippen molar-refractivity contribution in [2.75, 3.05) is 16.7 Å². The first kappa shape index (κ1) is 18.1. The highest BCUT2D eigenvalue weighted by molar-refractivity contribution is 6.86. The van der Waals surface area contributed by atoms with Crippen molar-refractivity contribution >= 4 is 35.3 Å². The van der Waals surface area contributed by atoms with Gasteiger partial charge in [0.1, 0.15) is 17.1 Å². The summed E-state index contributed by atoms with van der Waals surface area (Å²) in [6.45, 7) is 2.19. The molecule has 31 heavy (non-hydrogen) atoms. The number of ether oxygens (including phenoxy) is 1. The summed E-state index contributed by atoms with van der Waals surface area (Å²) in [5, 5.41) is 0. The van der Waals surface area contributed by atoms with Crippen LogP contribution in [0.1, 0.15) is 5.56 Å². The summed E-state index contributed by atoms with van der Waals surface area (Å²) in [6, 6.07) is 28.1. The first-order valence-corrected chi connectivity index (χ1v) is 10.6. The first-order chi connectivity index (χ1) is 15.2. The van der Waals surface area contributed by atoms with Gasteiger partial charge in [0, 0.05) is 22.3 Å². The number of fused-ring (bicyclic) bond motifs is 8. The molecule has 3 heterocycles. The number of anilines is 4. The fourth-order valence-corrected chi connectivity index (χ4v) is 5.21. The Hall–Kier alpha value is -3.73. The number of hydrogen-bond donors (Lipinski definition) is 0. The van der Waals surface area contributed by atoms with Crippen LogP contribution in [0.25, 0.3) is 11.1 Å². The van der Waals surface area contributed by atoms with Crippen LogP contribution in [-0.2, 0) is 7.05 Å². The number of hydrogen-bond acceptors (Lipinski definition) is 3. The van der Waals surface area contributed by atoms with E-state index in [1.165, 1.54) is 39.5 Å². The molecule has 0 saturated heterocycles. The molecule has 4 aromatic rings. The molecule has 5 heteroatoms. The Balaban J connectivity index is 1.74. The van der Waals surface area contributed by atoms with Crippen LogP contribution in [0.4, 0.5) is 22.9 Å². The van der Waals surface area contributed by atoms with Crippen LogP contribution in [-0.4, -0.2) is 14.1 Å². The van der Waals surface area contributed by atoms with E-state index in [4.69, 9.17) is 4.74 Å². The summed E-state index contributed by atoms with van der Waals surface area (Å²) in [5.41, 5.74) is 8.58. The van der Waals surface area contributed by atoms with Gasteiger partial charge in [-0.2, -0.15) is 0 Å². The van der Waals surface area contributed by atoms with Crippen LogP contribution in [0.3, 0.4) is 0 Å². The molecule has 0 spiro atoms. The minimum Gasteiger partial charge on any atom is -0.496 e. The van der Waals surface area contributed by atoms with Gasteiger partial charge in [0.05, 0.1) is 20.4 Å². The van der Waals surface area contributed by atoms with Crippen molar-refractivity contribution in [3.05, 3.63) is 90.6 Å². The van der Waals surface area contributed by atoms with Crippen molar-refractivity contribution in [2.24, 2.45) is 7.05 Å². The third kappa shape index (κ3) is 2.40. The lowest BCUT2D eigenvalue weighted by molar-refractivity contribution is -0.657. The lowest BCUT2D eigenvalue weighted by atomic mass is 9.59. The lowest BCUT2D eigenvalue weighted by Crippen LogP contribution is -2.57. The average molecular weight is 404 g/mol. The monoisotopic (exact) mass is 404 g/mol. The van der Waals surface area contributed by atoms with E-state index in [1.54, 1.807) is 7.11 Å². The van der Waals surface area contributed by atoms with E-state index in [9.17, 15) is 0 Å². The molecule has 0 atom stereocenters. The highest BCUT2D eigenvalue weighted by Crippen LogP contribution is 2.51. The Morgan fingerprint density at radius 1 is 0.806 bits per heavy atom. The maximum atomic E-state index is 5.73. The molecule has 0 fully saturated rings. The normalized spacial score (nSPS) is 13.5. The number of benzene rings is 3. The number of rotatable bonds is 2. The van der Waals surface area contributed by atoms with Gasteiger partial charge in [-0.05, 0) is 48.9 Å². The second-order valence-electron chi connectivity index (χ2n) is 8.15. The molecule has 0 bridgehead atoms. The van der Waals surface area contributed by atoms with Gasteiger partial charge in [0.25, 0.3) is 5.82 Å². The van der Waals surface area contributed by atoms with Crippen molar-refractivity contribution in [1.29, 1.82) is 0 Å². The van der Waals surface area contributed by atoms with Crippen LogP contribution in [0.15, 0.2) is 85.1 Å². The molecule has 6 rings (SSSR count). The van der Waals surface area contributed by atoms with Gasteiger partial charge in [-0.1, -0.05) is 42.5 Å². The van der Waals surface area contributed by atoms with Gasteiger partial charge in [-0.3, -0.25) is 4.81 Å². The molecule has 0 radical (unpaired) electrons. The number of aromatic nitrogens is 1. The Morgan fingerprint density at radius 2 is 1.58 bits per heavy atom. The maximum absolute atomic E-state index is 5.73. The fourth-order valence-electron chi connectivity index (χ4n) is 5.21. The molecule has 1 aromatic heterocycles. The standard InChI is InChI=1S/C26H23BN3O/c1-18-24(31-3)16-15-21-20-12-7-8-13-22(20)27-29(19-10-5-4-6-11-19)23-14-9-17-28(2)26(23)30(27)25(18)21/h4-17H,1-3H3/q+1. The summed E-state index contributed by atoms with van der Waals surface area (Å²) in [7, 11) is 3.87. The molecule has 4 nitrogen and oxygen atoms in total. The number of nitrogens with zero attached hydrogens (tertiary/aromatic N) is 3. The largest absolute Gasteiger partial charge is 0.543 e. The van der Waals surface area contributed by atoms with E-state index in [1.807, 2.05) is 0 Å². The molecular weight excluding hydrogens is 381 g/mol. The van der Waals surface area contributed by atoms with E-state index >= 15 is 0 Å². The van der Waals surface area contributed by atoms with Crippen molar-refractivity contribution in [2.45, 2.75) is 6.92 Å². The smallest absolute Gasteiger partial charge is 0.496 e. The van der Waals surface area contributed by atoms with E-state index in [-0.39, 0.29) is 6.98 Å². The van der Waals surface area contributed by atoms with E-state index < -0.39 is 0 Å². The predicted octanol–water partition coefficient (Wildman–Crippen LogP) is 4.49. The summed E-state index contributed by atoms with van der Waals surface area (Å²) >= 11 is 0. The minimum absolute atomic E-state index is 0.0282. The second kappa shape index (κ2) is 6.64. The van der Waals surface area contributed by atoms with Crippen molar-refractivity contribution in [3.8, 4) is 16.9 Å². The lowest BCUT2D eigenvalue weighted by Gasteiger charge is -2.32. The summed E-state index contributed by atoms with van der Waals surface area (Å²) in [5.74, 6) is 2.10.